The number of methoxy groups -OCH3 is 1. The summed E-state index contributed by atoms with van der Waals surface area (Å²) in [7, 11) is 1.57. The van der Waals surface area contributed by atoms with Gasteiger partial charge in [0.2, 0.25) is 0 Å². The molecule has 0 bridgehead atoms. The zero-order chi connectivity index (χ0) is 15.6. The highest BCUT2D eigenvalue weighted by atomic mass is 32.1. The maximum atomic E-state index is 9.67. The molecule has 0 saturated carbocycles. The Morgan fingerprint density at radius 2 is 1.86 bits per heavy atom. The Labute approximate surface area is 130 Å². The third-order valence-electron chi connectivity index (χ3n) is 3.75. The van der Waals surface area contributed by atoms with E-state index in [0.717, 1.165) is 5.56 Å². The normalized spacial score (nSPS) is 14.0. The summed E-state index contributed by atoms with van der Waals surface area (Å²) in [5.74, 6) is 0.683. The van der Waals surface area contributed by atoms with Crippen molar-refractivity contribution in [1.29, 1.82) is 0 Å². The highest BCUT2D eigenvalue weighted by Gasteiger charge is 2.15. The Morgan fingerprint density at radius 3 is 2.43 bits per heavy atom. The van der Waals surface area contributed by atoms with Gasteiger partial charge in [0.1, 0.15) is 0 Å². The van der Waals surface area contributed by atoms with E-state index in [0.29, 0.717) is 5.75 Å². The molecule has 4 heteroatoms. The van der Waals surface area contributed by atoms with E-state index in [4.69, 9.17) is 4.74 Å². The van der Waals surface area contributed by atoms with E-state index in [2.05, 4.69) is 39.1 Å². The second-order valence-corrected chi connectivity index (χ2v) is 6.87. The highest BCUT2D eigenvalue weighted by Crippen LogP contribution is 2.31. The van der Waals surface area contributed by atoms with Crippen LogP contribution in [-0.4, -0.2) is 12.2 Å². The molecule has 1 heterocycles. The number of thiophene rings is 1. The van der Waals surface area contributed by atoms with Gasteiger partial charge in [0.15, 0.2) is 11.5 Å². The van der Waals surface area contributed by atoms with Crippen molar-refractivity contribution in [1.82, 2.24) is 5.32 Å². The van der Waals surface area contributed by atoms with Gasteiger partial charge in [0.05, 0.1) is 7.11 Å². The molecule has 0 aliphatic heterocycles. The molecular weight excluding hydrogens is 282 g/mol. The van der Waals surface area contributed by atoms with Crippen LogP contribution in [0.5, 0.6) is 11.5 Å². The number of phenols is 1. The SMILES string of the molecule is COc1cc(C(C)NC(C)c2cc(C)sc2C)ccc1O. The van der Waals surface area contributed by atoms with Gasteiger partial charge in [-0.3, -0.25) is 0 Å². The summed E-state index contributed by atoms with van der Waals surface area (Å²) in [5.41, 5.74) is 2.45. The third-order valence-corrected chi connectivity index (χ3v) is 4.73. The molecule has 21 heavy (non-hydrogen) atoms. The van der Waals surface area contributed by atoms with E-state index < -0.39 is 0 Å². The third kappa shape index (κ3) is 3.57. The largest absolute Gasteiger partial charge is 0.504 e. The summed E-state index contributed by atoms with van der Waals surface area (Å²) < 4.78 is 5.17. The van der Waals surface area contributed by atoms with Gasteiger partial charge in [-0.05, 0) is 57.0 Å². The molecule has 2 rings (SSSR count). The minimum atomic E-state index is 0.172. The molecule has 1 aromatic carbocycles. The van der Waals surface area contributed by atoms with Crippen molar-refractivity contribution >= 4 is 11.3 Å². The molecular formula is C17H23NO2S. The van der Waals surface area contributed by atoms with E-state index in [9.17, 15) is 5.11 Å². The lowest BCUT2D eigenvalue weighted by Crippen LogP contribution is -2.22. The topological polar surface area (TPSA) is 41.5 Å². The number of nitrogens with one attached hydrogen (secondary N) is 1. The van der Waals surface area contributed by atoms with Gasteiger partial charge in [0, 0.05) is 21.8 Å². The van der Waals surface area contributed by atoms with Crippen molar-refractivity contribution in [2.45, 2.75) is 39.8 Å². The maximum absolute atomic E-state index is 9.67. The Kier molecular flexibility index (Phi) is 4.91. The quantitative estimate of drug-likeness (QED) is 0.855. The molecule has 3 nitrogen and oxygen atoms in total. The van der Waals surface area contributed by atoms with E-state index >= 15 is 0 Å². The number of rotatable bonds is 5. The van der Waals surface area contributed by atoms with Gasteiger partial charge in [0.25, 0.3) is 0 Å². The predicted molar refractivity (Wildman–Crippen MR) is 88.4 cm³/mol. The minimum Gasteiger partial charge on any atom is -0.504 e. The molecule has 2 N–H and O–H groups in total. The Bertz CT molecular complexity index is 621. The van der Waals surface area contributed by atoms with Crippen LogP contribution in [-0.2, 0) is 0 Å². The second kappa shape index (κ2) is 6.50. The number of benzene rings is 1. The van der Waals surface area contributed by atoms with E-state index in [1.807, 2.05) is 23.5 Å². The van der Waals surface area contributed by atoms with E-state index in [1.54, 1.807) is 13.2 Å². The molecule has 0 radical (unpaired) electrons. The van der Waals surface area contributed by atoms with Crippen LogP contribution in [0.15, 0.2) is 24.3 Å². The number of aromatic hydroxyl groups is 1. The molecule has 0 spiro atoms. The molecule has 0 aliphatic rings. The van der Waals surface area contributed by atoms with Crippen LogP contribution >= 0.6 is 11.3 Å². The number of hydrogen-bond donors (Lipinski definition) is 2. The van der Waals surface area contributed by atoms with Gasteiger partial charge < -0.3 is 15.2 Å². The number of phenolic OH excluding ortho intramolecular Hbond substituents is 1. The smallest absolute Gasteiger partial charge is 0.160 e. The Hall–Kier alpha value is -1.52. The summed E-state index contributed by atoms with van der Waals surface area (Å²) in [6.45, 7) is 8.61. The fraction of sp³-hybridized carbons (Fsp3) is 0.412. The standard InChI is InChI=1S/C17H23NO2S/c1-10-8-15(13(4)21-10)12(3)18-11(2)14-6-7-16(19)17(9-14)20-5/h6-9,11-12,18-19H,1-5H3. The minimum absolute atomic E-state index is 0.172. The van der Waals surface area contributed by atoms with Gasteiger partial charge in [-0.1, -0.05) is 6.07 Å². The lowest BCUT2D eigenvalue weighted by atomic mass is 10.0. The molecule has 2 aromatic rings. The zero-order valence-electron chi connectivity index (χ0n) is 13.2. The van der Waals surface area contributed by atoms with Crippen LogP contribution in [0.4, 0.5) is 0 Å². The first-order valence-electron chi connectivity index (χ1n) is 7.12. The maximum Gasteiger partial charge on any atom is 0.160 e. The summed E-state index contributed by atoms with van der Waals surface area (Å²) in [6, 6.07) is 8.19. The van der Waals surface area contributed by atoms with Crippen molar-refractivity contribution in [3.8, 4) is 11.5 Å². The van der Waals surface area contributed by atoms with Crippen LogP contribution in [0, 0.1) is 13.8 Å². The lowest BCUT2D eigenvalue weighted by molar-refractivity contribution is 0.371. The molecule has 0 aliphatic carbocycles. The highest BCUT2D eigenvalue weighted by molar-refractivity contribution is 7.12. The Morgan fingerprint density at radius 1 is 1.14 bits per heavy atom. The van der Waals surface area contributed by atoms with Crippen LogP contribution < -0.4 is 10.1 Å². The monoisotopic (exact) mass is 305 g/mol. The van der Waals surface area contributed by atoms with Crippen LogP contribution in [0.3, 0.4) is 0 Å². The first-order chi connectivity index (χ1) is 9.92. The molecule has 114 valence electrons. The number of aryl methyl sites for hydroxylation is 2. The van der Waals surface area contributed by atoms with Crippen molar-refractivity contribution in [3.63, 3.8) is 0 Å². The van der Waals surface area contributed by atoms with E-state index in [-0.39, 0.29) is 17.8 Å². The molecule has 2 unspecified atom stereocenters. The molecule has 0 saturated heterocycles. The van der Waals surface area contributed by atoms with E-state index in [1.165, 1.54) is 15.3 Å². The van der Waals surface area contributed by atoms with Crippen LogP contribution in [0.2, 0.25) is 0 Å². The second-order valence-electron chi connectivity index (χ2n) is 5.41. The number of ether oxygens (including phenoxy) is 1. The summed E-state index contributed by atoms with van der Waals surface area (Å²) in [5, 5.41) is 13.3. The molecule has 1 aromatic heterocycles. The fourth-order valence-corrected chi connectivity index (χ4v) is 3.63. The molecule has 0 amide bonds. The van der Waals surface area contributed by atoms with Crippen LogP contribution in [0.1, 0.15) is 46.8 Å². The first-order valence-corrected chi connectivity index (χ1v) is 7.94. The lowest BCUT2D eigenvalue weighted by Gasteiger charge is -2.21. The zero-order valence-corrected chi connectivity index (χ0v) is 14.0. The number of hydrogen-bond acceptors (Lipinski definition) is 4. The van der Waals surface area contributed by atoms with Crippen molar-refractivity contribution in [2.24, 2.45) is 0 Å². The predicted octanol–water partition coefficient (Wildman–Crippen LogP) is 4.49. The average Bonchev–Trinajstić information content (AvgIpc) is 2.78. The summed E-state index contributed by atoms with van der Waals surface area (Å²) >= 11 is 1.84. The summed E-state index contributed by atoms with van der Waals surface area (Å²) in [6.07, 6.45) is 0. The van der Waals surface area contributed by atoms with Crippen LogP contribution in [0.25, 0.3) is 0 Å². The van der Waals surface area contributed by atoms with Gasteiger partial charge >= 0.3 is 0 Å². The van der Waals surface area contributed by atoms with Crippen molar-refractivity contribution < 1.29 is 9.84 Å². The average molecular weight is 305 g/mol. The van der Waals surface area contributed by atoms with Crippen molar-refractivity contribution in [3.05, 3.63) is 45.1 Å². The van der Waals surface area contributed by atoms with Gasteiger partial charge in [-0.25, -0.2) is 0 Å². The van der Waals surface area contributed by atoms with Gasteiger partial charge in [-0.15, -0.1) is 11.3 Å². The molecule has 0 fully saturated rings. The van der Waals surface area contributed by atoms with Crippen molar-refractivity contribution in [2.75, 3.05) is 7.11 Å². The molecule has 2 atom stereocenters. The summed E-state index contributed by atoms with van der Waals surface area (Å²) in [4.78, 5) is 2.71. The Balaban J connectivity index is 2.14. The first kappa shape index (κ1) is 15.9. The fourth-order valence-electron chi connectivity index (χ4n) is 2.60. The van der Waals surface area contributed by atoms with Gasteiger partial charge in [-0.2, -0.15) is 0 Å².